The van der Waals surface area contributed by atoms with Crippen LogP contribution in [0.15, 0.2) is 46.4 Å². The number of rotatable bonds is 5. The minimum absolute atomic E-state index is 0.0188. The van der Waals surface area contributed by atoms with Gasteiger partial charge in [0.15, 0.2) is 5.11 Å². The molecule has 3 rings (SSSR count). The first-order valence-electron chi connectivity index (χ1n) is 9.65. The van der Waals surface area contributed by atoms with Crippen molar-refractivity contribution in [1.82, 2.24) is 5.32 Å². The van der Waals surface area contributed by atoms with Gasteiger partial charge in [0.05, 0.1) is 16.3 Å². The second-order valence-corrected chi connectivity index (χ2v) is 8.57. The molecule has 1 aliphatic heterocycles. The van der Waals surface area contributed by atoms with E-state index in [1.165, 1.54) is 4.90 Å². The molecule has 0 radical (unpaired) electrons. The van der Waals surface area contributed by atoms with Crippen LogP contribution in [0.1, 0.15) is 37.0 Å². The van der Waals surface area contributed by atoms with E-state index in [2.05, 4.69) is 28.2 Å². The van der Waals surface area contributed by atoms with Gasteiger partial charge >= 0.3 is 0 Å². The Bertz CT molecular complexity index is 1040. The average molecular weight is 487 g/mol. The maximum atomic E-state index is 13.2. The van der Waals surface area contributed by atoms with Crippen molar-refractivity contribution in [1.29, 1.82) is 0 Å². The topological polar surface area (TPSA) is 58.6 Å². The standard InChI is InChI=1S/C23H23BrN2O3S/c1-5-15(4)29-20-7-6-16(12-19(20)24)11-18-21(27)25-23(30)26(22(18)28)17-9-13(2)8-14(3)10-17/h6-12,15H,5H2,1-4H3,(H,25,27,30)/b18-11+/t15-/m0/s1. The Hall–Kier alpha value is -2.51. The maximum Gasteiger partial charge on any atom is 0.270 e. The number of anilines is 1. The van der Waals surface area contributed by atoms with Crippen molar-refractivity contribution in [2.45, 2.75) is 40.2 Å². The van der Waals surface area contributed by atoms with Gasteiger partial charge in [-0.25, -0.2) is 0 Å². The number of hydrogen-bond acceptors (Lipinski definition) is 4. The zero-order chi connectivity index (χ0) is 22.0. The van der Waals surface area contributed by atoms with E-state index < -0.39 is 11.8 Å². The lowest BCUT2D eigenvalue weighted by Gasteiger charge is -2.29. The number of halogens is 1. The summed E-state index contributed by atoms with van der Waals surface area (Å²) in [7, 11) is 0. The first-order chi connectivity index (χ1) is 14.2. The van der Waals surface area contributed by atoms with Crippen molar-refractivity contribution in [2.24, 2.45) is 0 Å². The quantitative estimate of drug-likeness (QED) is 0.363. The van der Waals surface area contributed by atoms with Gasteiger partial charge in [-0.1, -0.05) is 19.1 Å². The number of benzene rings is 2. The number of carbonyl (C=O) groups is 2. The molecule has 0 aromatic heterocycles. The summed E-state index contributed by atoms with van der Waals surface area (Å²) < 4.78 is 6.61. The zero-order valence-corrected chi connectivity index (χ0v) is 19.7. The van der Waals surface area contributed by atoms with E-state index in [0.717, 1.165) is 22.0 Å². The van der Waals surface area contributed by atoms with Crippen molar-refractivity contribution in [3.8, 4) is 5.75 Å². The van der Waals surface area contributed by atoms with Crippen molar-refractivity contribution in [3.05, 3.63) is 63.1 Å². The van der Waals surface area contributed by atoms with Crippen molar-refractivity contribution in [2.75, 3.05) is 4.90 Å². The Morgan fingerprint density at radius 2 is 1.83 bits per heavy atom. The minimum atomic E-state index is -0.512. The fraction of sp³-hybridized carbons (Fsp3) is 0.261. The van der Waals surface area contributed by atoms with Gasteiger partial charge in [-0.15, -0.1) is 0 Å². The molecule has 2 aromatic rings. The highest BCUT2D eigenvalue weighted by Gasteiger charge is 2.34. The Kier molecular flexibility index (Phi) is 6.73. The summed E-state index contributed by atoms with van der Waals surface area (Å²) in [5.74, 6) is -0.254. The van der Waals surface area contributed by atoms with Gasteiger partial charge in [0, 0.05) is 0 Å². The van der Waals surface area contributed by atoms with E-state index in [4.69, 9.17) is 17.0 Å². The lowest BCUT2D eigenvalue weighted by Crippen LogP contribution is -2.54. The second kappa shape index (κ2) is 9.10. The summed E-state index contributed by atoms with van der Waals surface area (Å²) in [4.78, 5) is 27.1. The number of nitrogens with zero attached hydrogens (tertiary/aromatic N) is 1. The minimum Gasteiger partial charge on any atom is -0.490 e. The van der Waals surface area contributed by atoms with Gasteiger partial charge in [-0.05, 0) is 102 Å². The van der Waals surface area contributed by atoms with Gasteiger partial charge in [0.1, 0.15) is 11.3 Å². The Labute approximate surface area is 190 Å². The number of thiocarbonyl (C=S) groups is 1. The SMILES string of the molecule is CC[C@H](C)Oc1ccc(/C=C2\C(=O)NC(=S)N(c3cc(C)cc(C)c3)C2=O)cc1Br. The molecular formula is C23H23BrN2O3S. The van der Waals surface area contributed by atoms with Gasteiger partial charge in [-0.2, -0.15) is 0 Å². The largest absolute Gasteiger partial charge is 0.490 e. The van der Waals surface area contributed by atoms with E-state index in [1.54, 1.807) is 6.08 Å². The molecule has 1 aliphatic rings. The molecule has 1 saturated heterocycles. The van der Waals surface area contributed by atoms with Crippen LogP contribution in [0.3, 0.4) is 0 Å². The van der Waals surface area contributed by atoms with Crippen molar-refractivity contribution < 1.29 is 14.3 Å². The highest BCUT2D eigenvalue weighted by Crippen LogP contribution is 2.29. The Balaban J connectivity index is 1.95. The molecule has 0 saturated carbocycles. The van der Waals surface area contributed by atoms with Gasteiger partial charge in [0.2, 0.25) is 0 Å². The van der Waals surface area contributed by atoms with Crippen LogP contribution in [0, 0.1) is 13.8 Å². The van der Waals surface area contributed by atoms with Crippen LogP contribution in [0.25, 0.3) is 6.08 Å². The zero-order valence-electron chi connectivity index (χ0n) is 17.3. The molecule has 0 bridgehead atoms. The molecule has 2 amide bonds. The summed E-state index contributed by atoms with van der Waals surface area (Å²) >= 11 is 8.78. The third-order valence-corrected chi connectivity index (χ3v) is 5.64. The smallest absolute Gasteiger partial charge is 0.270 e. The fourth-order valence-corrected chi connectivity index (χ4v) is 3.91. The van der Waals surface area contributed by atoms with Gasteiger partial charge in [-0.3, -0.25) is 19.8 Å². The van der Waals surface area contributed by atoms with E-state index in [0.29, 0.717) is 17.0 Å². The first kappa shape index (κ1) is 22.2. The maximum absolute atomic E-state index is 13.2. The van der Waals surface area contributed by atoms with Crippen LogP contribution in [0.2, 0.25) is 0 Å². The molecule has 1 fully saturated rings. The number of carbonyl (C=O) groups excluding carboxylic acids is 2. The lowest BCUT2D eigenvalue weighted by atomic mass is 10.1. The molecule has 1 atom stereocenters. The second-order valence-electron chi connectivity index (χ2n) is 7.33. The molecule has 1 heterocycles. The molecule has 0 spiro atoms. The number of amides is 2. The third-order valence-electron chi connectivity index (χ3n) is 4.74. The molecule has 5 nitrogen and oxygen atoms in total. The van der Waals surface area contributed by atoms with E-state index in [-0.39, 0.29) is 16.8 Å². The molecule has 7 heteroatoms. The number of nitrogens with one attached hydrogen (secondary N) is 1. The van der Waals surface area contributed by atoms with Crippen molar-refractivity contribution in [3.63, 3.8) is 0 Å². The van der Waals surface area contributed by atoms with Crippen LogP contribution in [-0.2, 0) is 9.59 Å². The fourth-order valence-electron chi connectivity index (χ4n) is 3.14. The molecule has 30 heavy (non-hydrogen) atoms. The lowest BCUT2D eigenvalue weighted by molar-refractivity contribution is -0.122. The highest BCUT2D eigenvalue weighted by molar-refractivity contribution is 9.10. The van der Waals surface area contributed by atoms with Crippen LogP contribution < -0.4 is 15.0 Å². The highest BCUT2D eigenvalue weighted by atomic mass is 79.9. The van der Waals surface area contributed by atoms with E-state index in [1.807, 2.05) is 57.2 Å². The number of ether oxygens (including phenoxy) is 1. The summed E-state index contributed by atoms with van der Waals surface area (Å²) in [5, 5.41) is 2.69. The Morgan fingerprint density at radius 1 is 1.17 bits per heavy atom. The molecular weight excluding hydrogens is 464 g/mol. The predicted molar refractivity (Wildman–Crippen MR) is 127 cm³/mol. The third kappa shape index (κ3) is 4.79. The molecule has 156 valence electrons. The summed E-state index contributed by atoms with van der Waals surface area (Å²) in [5.41, 5.74) is 3.36. The summed E-state index contributed by atoms with van der Waals surface area (Å²) in [6, 6.07) is 11.2. The van der Waals surface area contributed by atoms with Crippen LogP contribution in [-0.4, -0.2) is 23.0 Å². The van der Waals surface area contributed by atoms with E-state index in [9.17, 15) is 9.59 Å². The van der Waals surface area contributed by atoms with Gasteiger partial charge < -0.3 is 4.74 Å². The average Bonchev–Trinajstić information content (AvgIpc) is 2.66. The van der Waals surface area contributed by atoms with Crippen LogP contribution >= 0.6 is 28.1 Å². The molecule has 2 aromatic carbocycles. The van der Waals surface area contributed by atoms with E-state index >= 15 is 0 Å². The van der Waals surface area contributed by atoms with Gasteiger partial charge in [0.25, 0.3) is 11.8 Å². The first-order valence-corrected chi connectivity index (χ1v) is 10.9. The van der Waals surface area contributed by atoms with Crippen molar-refractivity contribution >= 4 is 56.8 Å². The van der Waals surface area contributed by atoms with Crippen LogP contribution in [0.5, 0.6) is 5.75 Å². The summed E-state index contributed by atoms with van der Waals surface area (Å²) in [6.45, 7) is 7.95. The predicted octanol–water partition coefficient (Wildman–Crippen LogP) is 5.07. The number of aryl methyl sites for hydroxylation is 2. The normalized spacial score (nSPS) is 16.6. The summed E-state index contributed by atoms with van der Waals surface area (Å²) in [6.07, 6.45) is 2.54. The monoisotopic (exact) mass is 486 g/mol. The Morgan fingerprint density at radius 3 is 2.43 bits per heavy atom. The molecule has 1 N–H and O–H groups in total. The number of hydrogen-bond donors (Lipinski definition) is 1. The molecule has 0 aliphatic carbocycles. The van der Waals surface area contributed by atoms with Crippen LogP contribution in [0.4, 0.5) is 5.69 Å². The molecule has 0 unspecified atom stereocenters.